The number of carbonyl (C=O) groups is 2. The number of carbonyl (C=O) groups excluding carboxylic acids is 2. The maximum absolute atomic E-state index is 14.0. The van der Waals surface area contributed by atoms with Gasteiger partial charge in [-0.15, -0.1) is 5.10 Å². The quantitative estimate of drug-likeness (QED) is 0.296. The van der Waals surface area contributed by atoms with E-state index in [1.807, 2.05) is 18.2 Å². The molecule has 0 aliphatic heterocycles. The van der Waals surface area contributed by atoms with Crippen LogP contribution in [0.4, 0.5) is 5.69 Å². The molecule has 10 heteroatoms. The molecule has 9 nitrogen and oxygen atoms in total. The van der Waals surface area contributed by atoms with E-state index in [1.54, 1.807) is 30.3 Å². The molecule has 0 radical (unpaired) electrons. The van der Waals surface area contributed by atoms with Crippen LogP contribution < -0.4 is 10.2 Å². The predicted octanol–water partition coefficient (Wildman–Crippen LogP) is 4.72. The molecule has 0 saturated heterocycles. The molecule has 0 unspecified atom stereocenters. The summed E-state index contributed by atoms with van der Waals surface area (Å²) in [6.45, 7) is -0.180. The van der Waals surface area contributed by atoms with E-state index in [4.69, 9.17) is 11.6 Å². The number of benzene rings is 3. The number of phenolic OH excluding ortho intramolecular Hbond substituents is 2. The second-order valence-electron chi connectivity index (χ2n) is 9.47. The van der Waals surface area contributed by atoms with Gasteiger partial charge in [0.2, 0.25) is 11.8 Å². The fourth-order valence-electron chi connectivity index (χ4n) is 4.93. The molecule has 1 saturated carbocycles. The third-order valence-electron chi connectivity index (χ3n) is 6.85. The van der Waals surface area contributed by atoms with E-state index < -0.39 is 11.9 Å². The summed E-state index contributed by atoms with van der Waals surface area (Å²) >= 11 is 6.14. The van der Waals surface area contributed by atoms with Crippen LogP contribution in [0.1, 0.15) is 43.7 Å². The highest BCUT2D eigenvalue weighted by Crippen LogP contribution is 2.34. The van der Waals surface area contributed by atoms with Gasteiger partial charge in [-0.2, -0.15) is 0 Å². The van der Waals surface area contributed by atoms with Crippen LogP contribution in [-0.4, -0.2) is 43.1 Å². The number of halogens is 1. The molecule has 38 heavy (non-hydrogen) atoms. The Morgan fingerprint density at radius 3 is 2.47 bits per heavy atom. The lowest BCUT2D eigenvalue weighted by Gasteiger charge is -2.33. The van der Waals surface area contributed by atoms with Crippen LogP contribution in [-0.2, 0) is 16.1 Å². The zero-order chi connectivity index (χ0) is 26.6. The van der Waals surface area contributed by atoms with Crippen LogP contribution in [0.25, 0.3) is 11.0 Å². The fraction of sp³-hybridized carbons (Fsp3) is 0.286. The van der Waals surface area contributed by atoms with E-state index in [-0.39, 0.29) is 30.0 Å². The zero-order valence-corrected chi connectivity index (χ0v) is 21.4. The number of amides is 2. The first-order valence-corrected chi connectivity index (χ1v) is 13.0. The Kier molecular flexibility index (Phi) is 7.46. The standard InChI is InChI=1S/C28H28ClN5O4/c29-19-11-13-21(14-12-19)34(26(37)17-33-23-9-5-4-8-22(23)31-32-33)27(18-10-15-24(35)25(36)16-18)28(38)30-20-6-2-1-3-7-20/h4-5,8-16,20,27,35-36H,1-3,6-7,17H2,(H,30,38)/t27-/m0/s1. The number of aromatic hydroxyl groups is 2. The third-order valence-corrected chi connectivity index (χ3v) is 7.10. The Hall–Kier alpha value is -4.11. The largest absolute Gasteiger partial charge is 0.504 e. The summed E-state index contributed by atoms with van der Waals surface area (Å²) in [7, 11) is 0. The number of rotatable bonds is 7. The van der Waals surface area contributed by atoms with E-state index in [0.29, 0.717) is 27.3 Å². The summed E-state index contributed by atoms with van der Waals surface area (Å²) in [5.41, 5.74) is 2.12. The summed E-state index contributed by atoms with van der Waals surface area (Å²) in [6, 6.07) is 16.9. The van der Waals surface area contributed by atoms with Crippen LogP contribution in [0.5, 0.6) is 11.5 Å². The first-order chi connectivity index (χ1) is 18.4. The minimum atomic E-state index is -1.13. The first-order valence-electron chi connectivity index (χ1n) is 12.6. The van der Waals surface area contributed by atoms with Crippen molar-refractivity contribution in [2.75, 3.05) is 4.90 Å². The van der Waals surface area contributed by atoms with Gasteiger partial charge in [-0.05, 0) is 66.9 Å². The van der Waals surface area contributed by atoms with Crippen LogP contribution in [0.2, 0.25) is 5.02 Å². The molecule has 1 aliphatic rings. The van der Waals surface area contributed by atoms with E-state index in [2.05, 4.69) is 15.6 Å². The highest BCUT2D eigenvalue weighted by Gasteiger charge is 2.35. The molecule has 5 rings (SSSR count). The van der Waals surface area contributed by atoms with Crippen molar-refractivity contribution in [3.63, 3.8) is 0 Å². The van der Waals surface area contributed by atoms with Gasteiger partial charge in [-0.1, -0.05) is 54.3 Å². The summed E-state index contributed by atoms with van der Waals surface area (Å²) < 4.78 is 1.49. The Morgan fingerprint density at radius 1 is 1.00 bits per heavy atom. The summed E-state index contributed by atoms with van der Waals surface area (Å²) in [4.78, 5) is 29.3. The van der Waals surface area contributed by atoms with Gasteiger partial charge in [-0.25, -0.2) is 4.68 Å². The molecular formula is C28H28ClN5O4. The number of aromatic nitrogens is 3. The highest BCUT2D eigenvalue weighted by atomic mass is 35.5. The number of nitrogens with one attached hydrogen (secondary N) is 1. The number of nitrogens with zero attached hydrogens (tertiary/aromatic N) is 4. The lowest BCUT2D eigenvalue weighted by molar-refractivity contribution is -0.127. The van der Waals surface area contributed by atoms with Crippen molar-refractivity contribution in [3.8, 4) is 11.5 Å². The minimum absolute atomic E-state index is 0.00843. The van der Waals surface area contributed by atoms with Crippen molar-refractivity contribution in [1.82, 2.24) is 20.3 Å². The average Bonchev–Trinajstić information content (AvgIpc) is 3.32. The maximum atomic E-state index is 14.0. The molecule has 1 aromatic heterocycles. The Balaban J connectivity index is 1.57. The summed E-state index contributed by atoms with van der Waals surface area (Å²) in [5.74, 6) is -1.50. The van der Waals surface area contributed by atoms with Crippen LogP contribution >= 0.6 is 11.6 Å². The molecule has 1 fully saturated rings. The minimum Gasteiger partial charge on any atom is -0.504 e. The molecule has 1 heterocycles. The van der Waals surface area contributed by atoms with Gasteiger partial charge < -0.3 is 15.5 Å². The molecule has 0 spiro atoms. The number of phenols is 2. The first kappa shape index (κ1) is 25.5. The number of fused-ring (bicyclic) bond motifs is 1. The number of hydrogen-bond acceptors (Lipinski definition) is 6. The van der Waals surface area contributed by atoms with Gasteiger partial charge in [0.1, 0.15) is 18.1 Å². The maximum Gasteiger partial charge on any atom is 0.249 e. The Morgan fingerprint density at radius 2 is 1.74 bits per heavy atom. The molecule has 1 aliphatic carbocycles. The fourth-order valence-corrected chi connectivity index (χ4v) is 5.06. The third kappa shape index (κ3) is 5.43. The van der Waals surface area contributed by atoms with Crippen LogP contribution in [0, 0.1) is 0 Å². The topological polar surface area (TPSA) is 121 Å². The van der Waals surface area contributed by atoms with Crippen molar-refractivity contribution < 1.29 is 19.8 Å². The monoisotopic (exact) mass is 533 g/mol. The Bertz CT molecular complexity index is 1450. The summed E-state index contributed by atoms with van der Waals surface area (Å²) in [6.07, 6.45) is 4.89. The molecule has 196 valence electrons. The molecule has 3 aromatic carbocycles. The number of anilines is 1. The zero-order valence-electron chi connectivity index (χ0n) is 20.6. The van der Waals surface area contributed by atoms with Gasteiger partial charge >= 0.3 is 0 Å². The van der Waals surface area contributed by atoms with Gasteiger partial charge in [0, 0.05) is 16.8 Å². The predicted molar refractivity (Wildman–Crippen MR) is 144 cm³/mol. The second-order valence-corrected chi connectivity index (χ2v) is 9.91. The molecule has 0 bridgehead atoms. The van der Waals surface area contributed by atoms with E-state index in [1.165, 1.54) is 27.8 Å². The van der Waals surface area contributed by atoms with Gasteiger partial charge in [0.25, 0.3) is 0 Å². The van der Waals surface area contributed by atoms with Crippen molar-refractivity contribution in [1.29, 1.82) is 0 Å². The van der Waals surface area contributed by atoms with Gasteiger partial charge in [0.15, 0.2) is 11.5 Å². The van der Waals surface area contributed by atoms with Gasteiger partial charge in [-0.3, -0.25) is 14.5 Å². The van der Waals surface area contributed by atoms with Crippen molar-refractivity contribution in [3.05, 3.63) is 77.3 Å². The molecule has 4 aromatic rings. The molecule has 3 N–H and O–H groups in total. The average molecular weight is 534 g/mol. The molecular weight excluding hydrogens is 506 g/mol. The molecule has 2 amide bonds. The van der Waals surface area contributed by atoms with E-state index in [0.717, 1.165) is 32.1 Å². The smallest absolute Gasteiger partial charge is 0.249 e. The lowest BCUT2D eigenvalue weighted by atomic mass is 9.94. The van der Waals surface area contributed by atoms with Crippen molar-refractivity contribution >= 4 is 40.1 Å². The lowest BCUT2D eigenvalue weighted by Crippen LogP contribution is -2.48. The second kappa shape index (κ2) is 11.1. The number of hydrogen-bond donors (Lipinski definition) is 3. The van der Waals surface area contributed by atoms with Crippen molar-refractivity contribution in [2.24, 2.45) is 0 Å². The SMILES string of the molecule is O=C(NC1CCCCC1)[C@H](c1ccc(O)c(O)c1)N(C(=O)Cn1nnc2ccccc21)c1ccc(Cl)cc1. The molecule has 1 atom stereocenters. The van der Waals surface area contributed by atoms with E-state index >= 15 is 0 Å². The Labute approximate surface area is 224 Å². The summed E-state index contributed by atoms with van der Waals surface area (Å²) in [5, 5.41) is 32.1. The van der Waals surface area contributed by atoms with Crippen LogP contribution in [0.3, 0.4) is 0 Å². The van der Waals surface area contributed by atoms with E-state index in [9.17, 15) is 19.8 Å². The van der Waals surface area contributed by atoms with Crippen molar-refractivity contribution in [2.45, 2.75) is 50.7 Å². The normalized spacial score (nSPS) is 14.8. The number of para-hydroxylation sites is 1. The highest BCUT2D eigenvalue weighted by molar-refractivity contribution is 6.30. The van der Waals surface area contributed by atoms with Crippen LogP contribution in [0.15, 0.2) is 66.7 Å². The van der Waals surface area contributed by atoms with Gasteiger partial charge in [0.05, 0.1) is 5.52 Å².